The summed E-state index contributed by atoms with van der Waals surface area (Å²) in [7, 11) is 2.12. The Morgan fingerprint density at radius 3 is 2.73 bits per heavy atom. The summed E-state index contributed by atoms with van der Waals surface area (Å²) >= 11 is 0. The molecule has 2 aliphatic rings. The monoisotopic (exact) mass is 303 g/mol. The van der Waals surface area contributed by atoms with Crippen molar-refractivity contribution in [1.29, 1.82) is 0 Å². The maximum absolute atomic E-state index is 12.5. The van der Waals surface area contributed by atoms with Crippen LogP contribution >= 0.6 is 0 Å². The molecule has 0 bridgehead atoms. The predicted octanol–water partition coefficient (Wildman–Crippen LogP) is 1.70. The second-order valence-electron chi connectivity index (χ2n) is 6.93. The lowest BCUT2D eigenvalue weighted by molar-refractivity contribution is 0.0876. The minimum atomic E-state index is -0.210. The normalized spacial score (nSPS) is 21.6. The molecule has 1 aromatic rings. The zero-order valence-electron chi connectivity index (χ0n) is 13.7. The van der Waals surface area contributed by atoms with E-state index in [-0.39, 0.29) is 11.4 Å². The largest absolute Gasteiger partial charge is 0.484 e. The quantitative estimate of drug-likeness (QED) is 0.861. The first-order chi connectivity index (χ1) is 10.4. The Balaban J connectivity index is 1.66. The van der Waals surface area contributed by atoms with Crippen molar-refractivity contribution in [2.75, 3.05) is 51.6 Å². The average Bonchev–Trinajstić information content (AvgIpc) is 2.48. The van der Waals surface area contributed by atoms with Crippen LogP contribution in [0, 0.1) is 0 Å². The van der Waals surface area contributed by atoms with Crippen LogP contribution in [0.1, 0.15) is 24.2 Å². The Labute approximate surface area is 132 Å². The van der Waals surface area contributed by atoms with E-state index in [4.69, 9.17) is 4.74 Å². The number of nitrogens with one attached hydrogen (secondary N) is 1. The number of carbonyl (C=O) groups excluding carboxylic acids is 1. The lowest BCUT2D eigenvalue weighted by Gasteiger charge is -2.34. The summed E-state index contributed by atoms with van der Waals surface area (Å²) < 4.78 is 5.93. The smallest absolute Gasteiger partial charge is 0.176 e. The fourth-order valence-electron chi connectivity index (χ4n) is 2.87. The number of anilines is 1. The number of hydrogen-bond donors (Lipinski definition) is 1. The third kappa shape index (κ3) is 3.42. The van der Waals surface area contributed by atoms with Crippen molar-refractivity contribution in [2.45, 2.75) is 19.4 Å². The summed E-state index contributed by atoms with van der Waals surface area (Å²) in [4.78, 5) is 17.0. The lowest BCUT2D eigenvalue weighted by atomic mass is 10.0. The van der Waals surface area contributed by atoms with E-state index >= 15 is 0 Å². The van der Waals surface area contributed by atoms with E-state index in [0.717, 1.165) is 49.7 Å². The molecular weight excluding hydrogens is 278 g/mol. The Hall–Kier alpha value is -1.59. The SMILES string of the molecule is CN1CCN(CC(=O)c2ccc3c(c2)NCC(C)(C)O3)CC1. The number of likely N-dealkylation sites (N-methyl/N-ethyl adjacent to an activating group) is 1. The van der Waals surface area contributed by atoms with Crippen molar-refractivity contribution >= 4 is 11.5 Å². The molecule has 22 heavy (non-hydrogen) atoms. The highest BCUT2D eigenvalue weighted by atomic mass is 16.5. The number of fused-ring (bicyclic) bond motifs is 1. The highest BCUT2D eigenvalue weighted by Crippen LogP contribution is 2.33. The molecule has 1 N–H and O–H groups in total. The summed E-state index contributed by atoms with van der Waals surface area (Å²) in [5.41, 5.74) is 1.47. The van der Waals surface area contributed by atoms with Gasteiger partial charge in [-0.15, -0.1) is 0 Å². The number of carbonyl (C=O) groups is 1. The highest BCUT2D eigenvalue weighted by Gasteiger charge is 2.27. The second-order valence-corrected chi connectivity index (χ2v) is 6.93. The molecule has 0 unspecified atom stereocenters. The van der Waals surface area contributed by atoms with Crippen molar-refractivity contribution in [3.63, 3.8) is 0 Å². The number of benzene rings is 1. The van der Waals surface area contributed by atoms with Crippen LogP contribution in [-0.4, -0.2) is 67.5 Å². The van der Waals surface area contributed by atoms with Crippen LogP contribution in [0.25, 0.3) is 0 Å². The molecule has 0 spiro atoms. The van der Waals surface area contributed by atoms with Crippen molar-refractivity contribution in [1.82, 2.24) is 9.80 Å². The van der Waals surface area contributed by atoms with Gasteiger partial charge in [0.25, 0.3) is 0 Å². The van der Waals surface area contributed by atoms with Crippen LogP contribution < -0.4 is 10.1 Å². The fraction of sp³-hybridized carbons (Fsp3) is 0.588. The molecule has 0 aliphatic carbocycles. The molecule has 5 nitrogen and oxygen atoms in total. The van der Waals surface area contributed by atoms with E-state index in [1.165, 1.54) is 0 Å². The highest BCUT2D eigenvalue weighted by molar-refractivity contribution is 5.98. The van der Waals surface area contributed by atoms with Gasteiger partial charge in [-0.25, -0.2) is 0 Å². The van der Waals surface area contributed by atoms with Gasteiger partial charge in [0.2, 0.25) is 0 Å². The van der Waals surface area contributed by atoms with Crippen LogP contribution in [0.5, 0.6) is 5.75 Å². The number of Topliss-reactive ketones (excluding diaryl/α,β-unsaturated/α-hetero) is 1. The van der Waals surface area contributed by atoms with Crippen LogP contribution in [0.2, 0.25) is 0 Å². The third-order valence-electron chi connectivity index (χ3n) is 4.36. The van der Waals surface area contributed by atoms with E-state index < -0.39 is 0 Å². The van der Waals surface area contributed by atoms with Gasteiger partial charge in [-0.1, -0.05) is 0 Å². The molecular formula is C17H25N3O2. The van der Waals surface area contributed by atoms with Gasteiger partial charge in [0.1, 0.15) is 11.4 Å². The van der Waals surface area contributed by atoms with Crippen LogP contribution in [0.3, 0.4) is 0 Å². The standard InChI is InChI=1S/C17H25N3O2/c1-17(2)12-18-14-10-13(4-5-16(14)22-17)15(21)11-20-8-6-19(3)7-9-20/h4-5,10,18H,6-9,11-12H2,1-3H3. The Morgan fingerprint density at radius 2 is 2.00 bits per heavy atom. The molecule has 0 amide bonds. The van der Waals surface area contributed by atoms with Gasteiger partial charge in [-0.3, -0.25) is 9.69 Å². The molecule has 2 heterocycles. The molecule has 0 radical (unpaired) electrons. The summed E-state index contributed by atoms with van der Waals surface area (Å²) in [6, 6.07) is 5.70. The van der Waals surface area contributed by atoms with Crippen molar-refractivity contribution < 1.29 is 9.53 Å². The number of hydrogen-bond acceptors (Lipinski definition) is 5. The molecule has 0 aromatic heterocycles. The number of rotatable bonds is 3. The van der Waals surface area contributed by atoms with E-state index in [0.29, 0.717) is 6.54 Å². The maximum atomic E-state index is 12.5. The summed E-state index contributed by atoms with van der Waals surface area (Å²) in [6.45, 7) is 9.33. The van der Waals surface area contributed by atoms with Crippen LogP contribution in [-0.2, 0) is 0 Å². The van der Waals surface area contributed by atoms with E-state index in [9.17, 15) is 4.79 Å². The molecule has 0 atom stereocenters. The summed E-state index contributed by atoms with van der Waals surface area (Å²) in [5.74, 6) is 1.01. The number of piperazine rings is 1. The predicted molar refractivity (Wildman–Crippen MR) is 87.9 cm³/mol. The zero-order chi connectivity index (χ0) is 15.7. The number of nitrogens with zero attached hydrogens (tertiary/aromatic N) is 2. The minimum Gasteiger partial charge on any atom is -0.484 e. The van der Waals surface area contributed by atoms with Gasteiger partial charge in [-0.05, 0) is 39.1 Å². The maximum Gasteiger partial charge on any atom is 0.176 e. The first-order valence-electron chi connectivity index (χ1n) is 7.94. The average molecular weight is 303 g/mol. The van der Waals surface area contributed by atoms with Gasteiger partial charge in [0.15, 0.2) is 5.78 Å². The summed E-state index contributed by atoms with van der Waals surface area (Å²) in [5, 5.41) is 3.36. The van der Waals surface area contributed by atoms with E-state index in [1.54, 1.807) is 0 Å². The Bertz CT molecular complexity index is 563. The minimum absolute atomic E-state index is 0.180. The van der Waals surface area contributed by atoms with Gasteiger partial charge in [0.05, 0.1) is 18.8 Å². The fourth-order valence-corrected chi connectivity index (χ4v) is 2.87. The molecule has 1 aromatic carbocycles. The van der Waals surface area contributed by atoms with Crippen LogP contribution in [0.4, 0.5) is 5.69 Å². The number of ether oxygens (including phenoxy) is 1. The van der Waals surface area contributed by atoms with Crippen molar-refractivity contribution in [3.05, 3.63) is 23.8 Å². The lowest BCUT2D eigenvalue weighted by Crippen LogP contribution is -2.46. The summed E-state index contributed by atoms with van der Waals surface area (Å²) in [6.07, 6.45) is 0. The Morgan fingerprint density at radius 1 is 1.27 bits per heavy atom. The molecule has 5 heteroatoms. The van der Waals surface area contributed by atoms with Crippen molar-refractivity contribution in [2.24, 2.45) is 0 Å². The van der Waals surface area contributed by atoms with Crippen molar-refractivity contribution in [3.8, 4) is 5.75 Å². The van der Waals surface area contributed by atoms with E-state index in [1.807, 2.05) is 18.2 Å². The van der Waals surface area contributed by atoms with Gasteiger partial charge in [0, 0.05) is 31.7 Å². The first kappa shape index (κ1) is 15.3. The molecule has 0 saturated carbocycles. The third-order valence-corrected chi connectivity index (χ3v) is 4.36. The molecule has 1 saturated heterocycles. The zero-order valence-corrected chi connectivity index (χ0v) is 13.7. The molecule has 120 valence electrons. The first-order valence-corrected chi connectivity index (χ1v) is 7.94. The molecule has 2 aliphatic heterocycles. The van der Waals surface area contributed by atoms with Crippen LogP contribution in [0.15, 0.2) is 18.2 Å². The van der Waals surface area contributed by atoms with Gasteiger partial charge in [-0.2, -0.15) is 0 Å². The molecule has 1 fully saturated rings. The second kappa shape index (κ2) is 5.89. The van der Waals surface area contributed by atoms with Gasteiger partial charge < -0.3 is 15.0 Å². The molecule has 3 rings (SSSR count). The Kier molecular flexibility index (Phi) is 4.10. The van der Waals surface area contributed by atoms with Gasteiger partial charge >= 0.3 is 0 Å². The topological polar surface area (TPSA) is 44.8 Å². The number of ketones is 1. The van der Waals surface area contributed by atoms with E-state index in [2.05, 4.69) is 36.0 Å².